The van der Waals surface area contributed by atoms with Crippen LogP contribution in [0, 0.1) is 0 Å². The van der Waals surface area contributed by atoms with E-state index in [2.05, 4.69) is 10.6 Å². The zero-order valence-electron chi connectivity index (χ0n) is 15.5. The Kier molecular flexibility index (Phi) is 5.65. The molecule has 0 fully saturated rings. The number of phenols is 1. The van der Waals surface area contributed by atoms with Crippen LogP contribution in [0.15, 0.2) is 78.9 Å². The molecule has 0 aromatic heterocycles. The first kappa shape index (κ1) is 19.9. The van der Waals surface area contributed by atoms with Crippen molar-refractivity contribution in [2.75, 3.05) is 10.6 Å². The fourth-order valence-corrected chi connectivity index (χ4v) is 3.56. The molecule has 0 aliphatic heterocycles. The van der Waals surface area contributed by atoms with Gasteiger partial charge in [-0.25, -0.2) is 4.79 Å². The molecule has 0 bridgehead atoms. The number of rotatable bonds is 4. The molecule has 0 saturated carbocycles. The Morgan fingerprint density at radius 2 is 1.47 bits per heavy atom. The van der Waals surface area contributed by atoms with Crippen LogP contribution in [0.2, 0.25) is 10.0 Å². The maximum Gasteiger partial charge on any atom is 0.323 e. The topological polar surface area (TPSA) is 70.6 Å². The molecule has 0 atom stereocenters. The van der Waals surface area contributed by atoms with Crippen molar-refractivity contribution in [2.45, 2.75) is 0 Å². The Morgan fingerprint density at radius 1 is 0.767 bits per heavy atom. The first-order valence-corrected chi connectivity index (χ1v) is 9.77. The van der Waals surface area contributed by atoms with Gasteiger partial charge in [0.2, 0.25) is 0 Å². The molecule has 2 amide bonds. The van der Waals surface area contributed by atoms with Gasteiger partial charge >= 0.3 is 6.03 Å². The molecule has 0 spiro atoms. The smallest absolute Gasteiger partial charge is 0.323 e. The molecule has 4 aromatic carbocycles. The summed E-state index contributed by atoms with van der Waals surface area (Å²) in [5, 5.41) is 17.2. The second kappa shape index (κ2) is 8.53. The lowest BCUT2D eigenvalue weighted by Crippen LogP contribution is -2.19. The maximum atomic E-state index is 12.5. The summed E-state index contributed by atoms with van der Waals surface area (Å²) in [5.74, 6) is 1.41. The van der Waals surface area contributed by atoms with Crippen molar-refractivity contribution < 1.29 is 14.6 Å². The minimum absolute atomic E-state index is 0.0401. The minimum Gasteiger partial charge on any atom is -0.508 e. The number of carbonyl (C=O) groups excluding carboxylic acids is 1. The van der Waals surface area contributed by atoms with Gasteiger partial charge in [0.05, 0.1) is 15.7 Å². The van der Waals surface area contributed by atoms with Crippen LogP contribution < -0.4 is 15.4 Å². The van der Waals surface area contributed by atoms with E-state index in [9.17, 15) is 9.90 Å². The molecule has 150 valence electrons. The van der Waals surface area contributed by atoms with Crippen molar-refractivity contribution in [1.29, 1.82) is 0 Å². The fraction of sp³-hybridized carbons (Fsp3) is 0. The number of hydrogen-bond donors (Lipinski definition) is 3. The number of fused-ring (bicyclic) bond motifs is 1. The number of para-hydroxylation sites is 1. The predicted octanol–water partition coefficient (Wildman–Crippen LogP) is 7.29. The van der Waals surface area contributed by atoms with E-state index in [1.165, 1.54) is 12.1 Å². The summed E-state index contributed by atoms with van der Waals surface area (Å²) >= 11 is 12.5. The molecule has 4 rings (SSSR count). The van der Waals surface area contributed by atoms with Gasteiger partial charge in [-0.15, -0.1) is 0 Å². The summed E-state index contributed by atoms with van der Waals surface area (Å²) in [5.41, 5.74) is 0.929. The summed E-state index contributed by atoms with van der Waals surface area (Å²) in [4.78, 5) is 12.5. The standard InChI is InChI=1S/C23H16Cl2N2O3/c24-20-13-21(25)22(19-12-15(28)8-11-18(19)20)27-23(29)26-14-6-9-17(10-7-14)30-16-4-2-1-3-5-16/h1-13,28H,(H2,26,27,29). The molecular weight excluding hydrogens is 423 g/mol. The van der Waals surface area contributed by atoms with Crippen LogP contribution in [0.5, 0.6) is 17.2 Å². The van der Waals surface area contributed by atoms with Gasteiger partial charge in [0.25, 0.3) is 0 Å². The molecule has 3 N–H and O–H groups in total. The van der Waals surface area contributed by atoms with Crippen molar-refractivity contribution >= 4 is 51.4 Å². The van der Waals surface area contributed by atoms with Gasteiger partial charge in [0.15, 0.2) is 0 Å². The number of ether oxygens (including phenoxy) is 1. The normalized spacial score (nSPS) is 10.6. The largest absolute Gasteiger partial charge is 0.508 e. The minimum atomic E-state index is -0.486. The van der Waals surface area contributed by atoms with E-state index in [1.54, 1.807) is 36.4 Å². The lowest BCUT2D eigenvalue weighted by molar-refractivity contribution is 0.262. The molecule has 30 heavy (non-hydrogen) atoms. The molecule has 4 aromatic rings. The zero-order chi connectivity index (χ0) is 21.1. The van der Waals surface area contributed by atoms with Crippen molar-refractivity contribution in [3.63, 3.8) is 0 Å². The summed E-state index contributed by atoms with van der Waals surface area (Å²) in [6, 6.07) is 22.1. The number of nitrogens with one attached hydrogen (secondary N) is 2. The van der Waals surface area contributed by atoms with Gasteiger partial charge in [-0.2, -0.15) is 0 Å². The Bertz CT molecular complexity index is 1210. The first-order valence-electron chi connectivity index (χ1n) is 9.01. The molecule has 0 heterocycles. The van der Waals surface area contributed by atoms with Crippen LogP contribution in [0.3, 0.4) is 0 Å². The van der Waals surface area contributed by atoms with Gasteiger partial charge in [0, 0.05) is 16.5 Å². The van der Waals surface area contributed by atoms with Gasteiger partial charge in [0.1, 0.15) is 17.2 Å². The number of urea groups is 1. The van der Waals surface area contributed by atoms with Crippen LogP contribution in [-0.4, -0.2) is 11.1 Å². The van der Waals surface area contributed by atoms with Crippen LogP contribution in [-0.2, 0) is 0 Å². The third kappa shape index (κ3) is 4.43. The molecule has 7 heteroatoms. The lowest BCUT2D eigenvalue weighted by atomic mass is 10.1. The molecule has 0 aliphatic carbocycles. The van der Waals surface area contributed by atoms with E-state index in [1.807, 2.05) is 30.3 Å². The van der Waals surface area contributed by atoms with Crippen LogP contribution >= 0.6 is 23.2 Å². The van der Waals surface area contributed by atoms with E-state index in [4.69, 9.17) is 27.9 Å². The predicted molar refractivity (Wildman–Crippen MR) is 121 cm³/mol. The number of anilines is 2. The third-order valence-electron chi connectivity index (χ3n) is 4.35. The molecular formula is C23H16Cl2N2O3. The van der Waals surface area contributed by atoms with Crippen molar-refractivity contribution in [2.24, 2.45) is 0 Å². The summed E-state index contributed by atoms with van der Waals surface area (Å²) in [6.45, 7) is 0. The van der Waals surface area contributed by atoms with Gasteiger partial charge in [-0.05, 0) is 60.7 Å². The van der Waals surface area contributed by atoms with Crippen LogP contribution in [0.4, 0.5) is 16.2 Å². The molecule has 5 nitrogen and oxygen atoms in total. The number of amides is 2. The lowest BCUT2D eigenvalue weighted by Gasteiger charge is -2.13. The highest BCUT2D eigenvalue weighted by atomic mass is 35.5. The Morgan fingerprint density at radius 3 is 2.20 bits per heavy atom. The molecule has 0 unspecified atom stereocenters. The highest BCUT2D eigenvalue weighted by Gasteiger charge is 2.14. The number of halogens is 2. The fourth-order valence-electron chi connectivity index (χ4n) is 2.97. The van der Waals surface area contributed by atoms with Gasteiger partial charge in [-0.1, -0.05) is 41.4 Å². The molecule has 0 radical (unpaired) electrons. The van der Waals surface area contributed by atoms with Gasteiger partial charge < -0.3 is 20.5 Å². The zero-order valence-corrected chi connectivity index (χ0v) is 17.0. The van der Waals surface area contributed by atoms with E-state index in [-0.39, 0.29) is 10.8 Å². The highest BCUT2D eigenvalue weighted by Crippen LogP contribution is 2.38. The summed E-state index contributed by atoms with van der Waals surface area (Å²) in [7, 11) is 0. The van der Waals surface area contributed by atoms with Crippen LogP contribution in [0.25, 0.3) is 10.8 Å². The van der Waals surface area contributed by atoms with Gasteiger partial charge in [-0.3, -0.25) is 0 Å². The van der Waals surface area contributed by atoms with E-state index in [0.717, 1.165) is 5.75 Å². The third-order valence-corrected chi connectivity index (χ3v) is 4.96. The van der Waals surface area contributed by atoms with Crippen molar-refractivity contribution in [3.8, 4) is 17.2 Å². The SMILES string of the molecule is O=C(Nc1ccc(Oc2ccccc2)cc1)Nc1c(Cl)cc(Cl)c2ccc(O)cc12. The van der Waals surface area contributed by atoms with E-state index < -0.39 is 6.03 Å². The second-order valence-electron chi connectivity index (χ2n) is 6.46. The van der Waals surface area contributed by atoms with Crippen molar-refractivity contribution in [3.05, 3.63) is 88.9 Å². The second-order valence-corrected chi connectivity index (χ2v) is 7.28. The molecule has 0 saturated heterocycles. The number of aromatic hydroxyl groups is 1. The summed E-state index contributed by atoms with van der Waals surface area (Å²) < 4.78 is 5.74. The van der Waals surface area contributed by atoms with E-state index >= 15 is 0 Å². The first-order chi connectivity index (χ1) is 14.5. The molecule has 0 aliphatic rings. The number of hydrogen-bond acceptors (Lipinski definition) is 3. The van der Waals surface area contributed by atoms with E-state index in [0.29, 0.717) is 32.9 Å². The number of benzene rings is 4. The Hall–Kier alpha value is -3.41. The summed E-state index contributed by atoms with van der Waals surface area (Å²) in [6.07, 6.45) is 0. The number of carbonyl (C=O) groups is 1. The highest BCUT2D eigenvalue weighted by molar-refractivity contribution is 6.41. The Labute approximate surface area is 182 Å². The van der Waals surface area contributed by atoms with Crippen LogP contribution in [0.1, 0.15) is 0 Å². The average Bonchev–Trinajstić information content (AvgIpc) is 2.73. The monoisotopic (exact) mass is 438 g/mol. The Balaban J connectivity index is 1.49. The number of phenolic OH excluding ortho intramolecular Hbond substituents is 1. The maximum absolute atomic E-state index is 12.5. The average molecular weight is 439 g/mol. The quantitative estimate of drug-likeness (QED) is 0.313. The van der Waals surface area contributed by atoms with Crippen molar-refractivity contribution in [1.82, 2.24) is 0 Å².